The second-order valence-corrected chi connectivity index (χ2v) is 5.00. The average Bonchev–Trinajstić information content (AvgIpc) is 2.51. The molecule has 0 aliphatic carbocycles. The molecule has 0 aliphatic heterocycles. The molecule has 0 atom stereocenters. The lowest BCUT2D eigenvalue weighted by Crippen LogP contribution is -2.06. The van der Waals surface area contributed by atoms with Crippen molar-refractivity contribution in [2.45, 2.75) is 46.5 Å². The van der Waals surface area contributed by atoms with Crippen LogP contribution in [0.25, 0.3) is 0 Å². The minimum absolute atomic E-state index is 0.268. The number of aromatic nitrogens is 2. The van der Waals surface area contributed by atoms with E-state index in [4.69, 9.17) is 0 Å². The van der Waals surface area contributed by atoms with Crippen molar-refractivity contribution < 1.29 is 4.79 Å². The normalized spacial score (nSPS) is 10.9. The molecule has 0 N–H and O–H groups in total. The predicted molar refractivity (Wildman–Crippen MR) is 62.1 cm³/mol. The molecule has 1 rings (SSSR count). The van der Waals surface area contributed by atoms with Crippen LogP contribution in [0.4, 0.5) is 0 Å². The number of nitrogens with zero attached hydrogens (tertiary/aromatic N) is 2. The van der Waals surface area contributed by atoms with Crippen LogP contribution in [0.3, 0.4) is 0 Å². The summed E-state index contributed by atoms with van der Waals surface area (Å²) in [5.74, 6) is 1.58. The van der Waals surface area contributed by atoms with Crippen LogP contribution in [0.1, 0.15) is 44.4 Å². The molecule has 1 heterocycles. The van der Waals surface area contributed by atoms with Gasteiger partial charge in [-0.15, -0.1) is 0 Å². The first-order chi connectivity index (χ1) is 7.11. The van der Waals surface area contributed by atoms with Gasteiger partial charge in [-0.3, -0.25) is 4.79 Å². The largest absolute Gasteiger partial charge is 0.299 e. The Balaban J connectivity index is 2.46. The van der Waals surface area contributed by atoms with Crippen LogP contribution in [0.2, 0.25) is 0 Å². The van der Waals surface area contributed by atoms with E-state index in [9.17, 15) is 4.79 Å². The first kappa shape index (κ1) is 12.3. The Labute approximate surface area is 95.1 Å². The molecule has 0 aliphatic rings. The maximum atomic E-state index is 11.5. The number of hydrogen-bond acceptors (Lipinski definition) is 4. The van der Waals surface area contributed by atoms with Gasteiger partial charge in [0.25, 0.3) is 0 Å². The second kappa shape index (κ2) is 5.95. The van der Waals surface area contributed by atoms with E-state index in [1.165, 1.54) is 11.5 Å². The van der Waals surface area contributed by atoms with Crippen molar-refractivity contribution in [1.29, 1.82) is 0 Å². The summed E-state index contributed by atoms with van der Waals surface area (Å²) in [4.78, 5) is 15.9. The first-order valence-electron chi connectivity index (χ1n) is 5.45. The number of rotatable bonds is 6. The summed E-state index contributed by atoms with van der Waals surface area (Å²) in [5.41, 5.74) is 0. The highest BCUT2D eigenvalue weighted by molar-refractivity contribution is 7.05. The van der Waals surface area contributed by atoms with Crippen molar-refractivity contribution in [1.82, 2.24) is 9.36 Å². The Morgan fingerprint density at radius 1 is 1.47 bits per heavy atom. The van der Waals surface area contributed by atoms with E-state index < -0.39 is 0 Å². The van der Waals surface area contributed by atoms with Crippen molar-refractivity contribution >= 4 is 17.3 Å². The molecule has 0 spiro atoms. The predicted octanol–water partition coefficient (Wildman–Crippen LogP) is 2.65. The highest BCUT2D eigenvalue weighted by Crippen LogP contribution is 2.10. The van der Waals surface area contributed by atoms with Gasteiger partial charge in [-0.2, -0.15) is 4.37 Å². The van der Waals surface area contributed by atoms with Gasteiger partial charge in [0.05, 0.1) is 6.42 Å². The topological polar surface area (TPSA) is 42.9 Å². The van der Waals surface area contributed by atoms with Gasteiger partial charge in [0.2, 0.25) is 0 Å². The molecule has 3 nitrogen and oxygen atoms in total. The van der Waals surface area contributed by atoms with Gasteiger partial charge < -0.3 is 0 Å². The molecule has 0 unspecified atom stereocenters. The molecule has 84 valence electrons. The molecule has 0 saturated heterocycles. The molecule has 0 radical (unpaired) electrons. The lowest BCUT2D eigenvalue weighted by atomic mass is 10.1. The summed E-state index contributed by atoms with van der Waals surface area (Å²) in [6, 6.07) is 0. The number of hydrogen-bond donors (Lipinski definition) is 0. The van der Waals surface area contributed by atoms with E-state index in [1.807, 2.05) is 0 Å². The molecule has 1 aromatic heterocycles. The van der Waals surface area contributed by atoms with Crippen LogP contribution in [0, 0.1) is 5.92 Å². The molecular formula is C11H18N2OS. The number of carbonyl (C=O) groups excluding carboxylic acids is 1. The zero-order valence-corrected chi connectivity index (χ0v) is 10.4. The Kier molecular flexibility index (Phi) is 4.88. The van der Waals surface area contributed by atoms with Crippen molar-refractivity contribution in [3.05, 3.63) is 10.8 Å². The number of aryl methyl sites for hydroxylation is 1. The monoisotopic (exact) mass is 226 g/mol. The Morgan fingerprint density at radius 2 is 2.20 bits per heavy atom. The fourth-order valence-corrected chi connectivity index (χ4v) is 2.10. The molecule has 0 saturated carbocycles. The van der Waals surface area contributed by atoms with Crippen molar-refractivity contribution in [3.63, 3.8) is 0 Å². The molecule has 1 aromatic rings. The van der Waals surface area contributed by atoms with E-state index in [1.54, 1.807) is 0 Å². The van der Waals surface area contributed by atoms with Crippen LogP contribution in [0.15, 0.2) is 0 Å². The van der Waals surface area contributed by atoms with Crippen molar-refractivity contribution in [2.75, 3.05) is 0 Å². The fraction of sp³-hybridized carbons (Fsp3) is 0.727. The highest BCUT2D eigenvalue weighted by Gasteiger charge is 2.10. The Morgan fingerprint density at radius 3 is 2.80 bits per heavy atom. The number of carbonyl (C=O) groups is 1. The van der Waals surface area contributed by atoms with Crippen LogP contribution < -0.4 is 0 Å². The van der Waals surface area contributed by atoms with Gasteiger partial charge in [-0.1, -0.05) is 20.8 Å². The SMILES string of the molecule is CCCc1nsc(CC(=O)CC(C)C)n1. The van der Waals surface area contributed by atoms with E-state index in [0.717, 1.165) is 23.7 Å². The minimum Gasteiger partial charge on any atom is -0.299 e. The number of Topliss-reactive ketones (excluding diaryl/α,β-unsaturated/α-hetero) is 1. The smallest absolute Gasteiger partial charge is 0.142 e. The van der Waals surface area contributed by atoms with Crippen LogP contribution in [-0.4, -0.2) is 15.1 Å². The lowest BCUT2D eigenvalue weighted by molar-refractivity contribution is -0.119. The summed E-state index contributed by atoms with van der Waals surface area (Å²) < 4.78 is 4.22. The summed E-state index contributed by atoms with van der Waals surface area (Å²) in [7, 11) is 0. The molecule has 0 fully saturated rings. The minimum atomic E-state index is 0.268. The summed E-state index contributed by atoms with van der Waals surface area (Å²) in [6.45, 7) is 6.21. The van der Waals surface area contributed by atoms with Crippen LogP contribution in [0.5, 0.6) is 0 Å². The Bertz CT molecular complexity index is 320. The third kappa shape index (κ3) is 4.51. The maximum absolute atomic E-state index is 11.5. The van der Waals surface area contributed by atoms with E-state index in [2.05, 4.69) is 30.1 Å². The van der Waals surface area contributed by atoms with Gasteiger partial charge in [-0.05, 0) is 23.9 Å². The van der Waals surface area contributed by atoms with Gasteiger partial charge in [0.15, 0.2) is 0 Å². The van der Waals surface area contributed by atoms with Crippen molar-refractivity contribution in [3.8, 4) is 0 Å². The molecule has 15 heavy (non-hydrogen) atoms. The molecule has 4 heteroatoms. The third-order valence-corrected chi connectivity index (χ3v) is 2.72. The second-order valence-electron chi connectivity index (χ2n) is 4.17. The maximum Gasteiger partial charge on any atom is 0.142 e. The lowest BCUT2D eigenvalue weighted by Gasteiger charge is -2.00. The first-order valence-corrected chi connectivity index (χ1v) is 6.22. The molecule has 0 aromatic carbocycles. The fourth-order valence-electron chi connectivity index (χ4n) is 1.38. The average molecular weight is 226 g/mol. The highest BCUT2D eigenvalue weighted by atomic mass is 32.1. The standard InChI is InChI=1S/C11H18N2OS/c1-4-5-10-12-11(15-13-10)7-9(14)6-8(2)3/h8H,4-7H2,1-3H3. The van der Waals surface area contributed by atoms with Gasteiger partial charge in [0.1, 0.15) is 16.6 Å². The zero-order chi connectivity index (χ0) is 11.3. The van der Waals surface area contributed by atoms with Gasteiger partial charge in [0, 0.05) is 12.8 Å². The van der Waals surface area contributed by atoms with E-state index in [0.29, 0.717) is 18.8 Å². The number of ketones is 1. The Hall–Kier alpha value is -0.770. The van der Waals surface area contributed by atoms with Crippen LogP contribution >= 0.6 is 11.5 Å². The summed E-state index contributed by atoms with van der Waals surface area (Å²) in [6.07, 6.45) is 3.06. The van der Waals surface area contributed by atoms with Gasteiger partial charge in [-0.25, -0.2) is 4.98 Å². The van der Waals surface area contributed by atoms with Gasteiger partial charge >= 0.3 is 0 Å². The summed E-state index contributed by atoms with van der Waals surface area (Å²) in [5, 5.41) is 0.865. The third-order valence-electron chi connectivity index (χ3n) is 1.97. The summed E-state index contributed by atoms with van der Waals surface area (Å²) >= 11 is 1.36. The quantitative estimate of drug-likeness (QED) is 0.749. The molecule has 0 amide bonds. The molecule has 0 bridgehead atoms. The van der Waals surface area contributed by atoms with E-state index >= 15 is 0 Å². The molecular weight excluding hydrogens is 208 g/mol. The van der Waals surface area contributed by atoms with E-state index in [-0.39, 0.29) is 5.78 Å². The zero-order valence-electron chi connectivity index (χ0n) is 9.62. The van der Waals surface area contributed by atoms with Crippen molar-refractivity contribution in [2.24, 2.45) is 5.92 Å². The van der Waals surface area contributed by atoms with Crippen LogP contribution in [-0.2, 0) is 17.6 Å².